The maximum absolute atomic E-state index is 5.41. The summed E-state index contributed by atoms with van der Waals surface area (Å²) in [6.45, 7) is 6.38. The Labute approximate surface area is 90.5 Å². The lowest BCUT2D eigenvalue weighted by Gasteiger charge is -2.16. The van der Waals surface area contributed by atoms with Gasteiger partial charge in [0.1, 0.15) is 0 Å². The minimum Gasteiger partial charge on any atom is -0.296 e. The van der Waals surface area contributed by atoms with E-state index in [1.807, 2.05) is 11.3 Å². The van der Waals surface area contributed by atoms with Crippen molar-refractivity contribution in [3.05, 3.63) is 21.9 Å². The summed E-state index contributed by atoms with van der Waals surface area (Å²) >= 11 is 1.83. The molecule has 0 aliphatic carbocycles. The van der Waals surface area contributed by atoms with E-state index < -0.39 is 0 Å². The molecule has 0 aromatic carbocycles. The lowest BCUT2D eigenvalue weighted by atomic mass is 10.2. The minimum atomic E-state index is 0.187. The summed E-state index contributed by atoms with van der Waals surface area (Å²) in [7, 11) is 0. The van der Waals surface area contributed by atoms with Gasteiger partial charge in [-0.25, -0.2) is 0 Å². The molecule has 1 N–H and O–H groups in total. The third-order valence-electron chi connectivity index (χ3n) is 2.25. The Balaban J connectivity index is 2.58. The largest absolute Gasteiger partial charge is 0.296 e. The summed E-state index contributed by atoms with van der Waals surface area (Å²) in [4.78, 5) is 2.71. The summed E-state index contributed by atoms with van der Waals surface area (Å²) in [5.41, 5.74) is 0. The molecule has 1 rings (SSSR count). The van der Waals surface area contributed by atoms with Crippen molar-refractivity contribution in [2.45, 2.75) is 39.3 Å². The van der Waals surface area contributed by atoms with Crippen LogP contribution >= 0.6 is 11.3 Å². The van der Waals surface area contributed by atoms with Gasteiger partial charge in [-0.3, -0.25) is 5.32 Å². The monoisotopic (exact) mass is 207 g/mol. The van der Waals surface area contributed by atoms with Crippen LogP contribution in [0.2, 0.25) is 0 Å². The van der Waals surface area contributed by atoms with Gasteiger partial charge in [-0.2, -0.15) is 0 Å². The average Bonchev–Trinajstić information content (AvgIpc) is 2.61. The topological polar surface area (TPSA) is 12.0 Å². The first-order valence-corrected chi connectivity index (χ1v) is 5.77. The zero-order chi connectivity index (χ0) is 10.6. The summed E-state index contributed by atoms with van der Waals surface area (Å²) < 4.78 is 0. The van der Waals surface area contributed by atoms with Gasteiger partial charge in [-0.15, -0.1) is 17.8 Å². The quantitative estimate of drug-likeness (QED) is 0.748. The summed E-state index contributed by atoms with van der Waals surface area (Å²) in [5, 5.41) is 3.42. The highest BCUT2D eigenvalue weighted by molar-refractivity contribution is 7.12. The van der Waals surface area contributed by atoms with Crippen molar-refractivity contribution in [2.75, 3.05) is 0 Å². The van der Waals surface area contributed by atoms with Crippen LogP contribution in [0.25, 0.3) is 0 Å². The van der Waals surface area contributed by atoms with Crippen LogP contribution in [0, 0.1) is 19.3 Å². The lowest BCUT2D eigenvalue weighted by molar-refractivity contribution is 0.518. The Hall–Kier alpha value is -0.780. The lowest BCUT2D eigenvalue weighted by Crippen LogP contribution is -2.29. The zero-order valence-electron chi connectivity index (χ0n) is 9.00. The fraction of sp³-hybridized carbons (Fsp3) is 0.500. The third kappa shape index (κ3) is 2.87. The Morgan fingerprint density at radius 2 is 2.29 bits per heavy atom. The van der Waals surface area contributed by atoms with E-state index in [1.54, 1.807) is 0 Å². The first-order chi connectivity index (χ1) is 6.67. The van der Waals surface area contributed by atoms with E-state index in [-0.39, 0.29) is 6.04 Å². The zero-order valence-corrected chi connectivity index (χ0v) is 9.82. The van der Waals surface area contributed by atoms with Gasteiger partial charge in [0.25, 0.3) is 0 Å². The van der Waals surface area contributed by atoms with Gasteiger partial charge in [0.05, 0.1) is 6.04 Å². The van der Waals surface area contributed by atoms with E-state index in [0.29, 0.717) is 6.04 Å². The van der Waals surface area contributed by atoms with E-state index in [1.165, 1.54) is 9.75 Å². The summed E-state index contributed by atoms with van der Waals surface area (Å²) in [6, 6.07) is 4.86. The van der Waals surface area contributed by atoms with Gasteiger partial charge in [-0.05, 0) is 32.4 Å². The van der Waals surface area contributed by atoms with Crippen LogP contribution in [-0.4, -0.2) is 6.04 Å². The van der Waals surface area contributed by atoms with Crippen molar-refractivity contribution in [1.82, 2.24) is 5.32 Å². The minimum absolute atomic E-state index is 0.187. The van der Waals surface area contributed by atoms with Crippen molar-refractivity contribution in [3.63, 3.8) is 0 Å². The molecule has 0 spiro atoms. The van der Waals surface area contributed by atoms with Crippen molar-refractivity contribution in [3.8, 4) is 12.3 Å². The second kappa shape index (κ2) is 5.19. The molecule has 0 bridgehead atoms. The smallest absolute Gasteiger partial charge is 0.0689 e. The molecule has 0 saturated heterocycles. The number of terminal acetylenes is 1. The Bertz CT molecular complexity index is 321. The van der Waals surface area contributed by atoms with Gasteiger partial charge < -0.3 is 0 Å². The average molecular weight is 207 g/mol. The molecule has 0 radical (unpaired) electrons. The third-order valence-corrected chi connectivity index (χ3v) is 3.43. The number of rotatable bonds is 4. The number of thiophene rings is 1. The van der Waals surface area contributed by atoms with Gasteiger partial charge in [-0.1, -0.05) is 12.8 Å². The van der Waals surface area contributed by atoms with Crippen LogP contribution in [0.4, 0.5) is 0 Å². The van der Waals surface area contributed by atoms with E-state index in [4.69, 9.17) is 6.42 Å². The molecular formula is C12H17NS. The van der Waals surface area contributed by atoms with Crippen molar-refractivity contribution in [1.29, 1.82) is 0 Å². The highest BCUT2D eigenvalue weighted by Gasteiger charge is 2.10. The first kappa shape index (κ1) is 11.3. The maximum Gasteiger partial charge on any atom is 0.0689 e. The number of aryl methyl sites for hydroxylation is 1. The predicted molar refractivity (Wildman–Crippen MR) is 63.5 cm³/mol. The Morgan fingerprint density at radius 3 is 2.71 bits per heavy atom. The molecule has 1 aromatic heterocycles. The molecule has 1 aromatic rings. The molecular weight excluding hydrogens is 190 g/mol. The van der Waals surface area contributed by atoms with Crippen LogP contribution < -0.4 is 5.32 Å². The number of hydrogen-bond acceptors (Lipinski definition) is 2. The first-order valence-electron chi connectivity index (χ1n) is 4.96. The van der Waals surface area contributed by atoms with E-state index in [2.05, 4.69) is 44.1 Å². The predicted octanol–water partition coefficient (Wildman–Crippen LogP) is 3.12. The molecule has 1 heterocycles. The Morgan fingerprint density at radius 1 is 1.57 bits per heavy atom. The number of hydrogen-bond donors (Lipinski definition) is 1. The van der Waals surface area contributed by atoms with Gasteiger partial charge in [0, 0.05) is 15.8 Å². The van der Waals surface area contributed by atoms with E-state index in [9.17, 15) is 0 Å². The molecule has 2 heteroatoms. The molecule has 76 valence electrons. The van der Waals surface area contributed by atoms with E-state index in [0.717, 1.165) is 6.42 Å². The van der Waals surface area contributed by atoms with Crippen LogP contribution in [0.3, 0.4) is 0 Å². The molecule has 2 atom stereocenters. The van der Waals surface area contributed by atoms with Crippen molar-refractivity contribution >= 4 is 11.3 Å². The van der Waals surface area contributed by atoms with E-state index >= 15 is 0 Å². The molecule has 0 aliphatic heterocycles. The van der Waals surface area contributed by atoms with Crippen LogP contribution in [0.5, 0.6) is 0 Å². The highest BCUT2D eigenvalue weighted by atomic mass is 32.1. The molecule has 0 amide bonds. The summed E-state index contributed by atoms with van der Waals surface area (Å²) in [5.74, 6) is 2.75. The second-order valence-electron chi connectivity index (χ2n) is 3.46. The number of nitrogens with one attached hydrogen (secondary N) is 1. The highest BCUT2D eigenvalue weighted by Crippen LogP contribution is 2.22. The molecule has 0 fully saturated rings. The van der Waals surface area contributed by atoms with Crippen LogP contribution in [0.1, 0.15) is 36.1 Å². The maximum atomic E-state index is 5.41. The molecule has 14 heavy (non-hydrogen) atoms. The fourth-order valence-electron chi connectivity index (χ4n) is 1.35. The van der Waals surface area contributed by atoms with Gasteiger partial charge in [0.15, 0.2) is 0 Å². The van der Waals surface area contributed by atoms with Gasteiger partial charge in [0.2, 0.25) is 0 Å². The van der Waals surface area contributed by atoms with Crippen LogP contribution in [-0.2, 0) is 0 Å². The molecule has 2 unspecified atom stereocenters. The Kier molecular flexibility index (Phi) is 4.19. The molecule has 0 aliphatic rings. The molecule has 0 saturated carbocycles. The van der Waals surface area contributed by atoms with Crippen LogP contribution in [0.15, 0.2) is 12.1 Å². The molecule has 1 nitrogen and oxygen atoms in total. The standard InChI is InChI=1S/C12H17NS/c1-5-11(6-2)13-10(4)12-8-7-9(3)14-12/h1,7-8,10-11,13H,6H2,2-4H3. The summed E-state index contributed by atoms with van der Waals surface area (Å²) in [6.07, 6.45) is 6.38. The fourth-order valence-corrected chi connectivity index (χ4v) is 2.24. The normalized spacial score (nSPS) is 14.7. The van der Waals surface area contributed by atoms with Gasteiger partial charge >= 0.3 is 0 Å². The second-order valence-corrected chi connectivity index (χ2v) is 4.78. The van der Waals surface area contributed by atoms with Crippen molar-refractivity contribution < 1.29 is 0 Å². The SMILES string of the molecule is C#CC(CC)NC(C)c1ccc(C)s1. The van der Waals surface area contributed by atoms with Crippen molar-refractivity contribution in [2.24, 2.45) is 0 Å².